The Morgan fingerprint density at radius 1 is 1.40 bits per heavy atom. The zero-order valence-electron chi connectivity index (χ0n) is 5.50. The quantitative estimate of drug-likeness (QED) is 0.585. The fraction of sp³-hybridized carbons (Fsp3) is 0.167. The number of nitrogens with one attached hydrogen (secondary N) is 1. The van der Waals surface area contributed by atoms with Crippen molar-refractivity contribution in [1.29, 1.82) is 0 Å². The number of hydrogen-bond donors (Lipinski definition) is 1. The summed E-state index contributed by atoms with van der Waals surface area (Å²) in [6, 6.07) is 0. The van der Waals surface area contributed by atoms with Crippen LogP contribution in [0.25, 0.3) is 11.2 Å². The van der Waals surface area contributed by atoms with Crippen LogP contribution in [0.5, 0.6) is 0 Å². The van der Waals surface area contributed by atoms with Gasteiger partial charge in [0.25, 0.3) is 0 Å². The van der Waals surface area contributed by atoms with E-state index < -0.39 is 0 Å². The minimum atomic E-state index is 0. The standard InChI is InChI=1S/C6H6N4.H2/c1-4-5-6(9-2-7-4)10-3-8-5;/h2-3H,1H3,(H,7,8,9,10);1H. The van der Waals surface area contributed by atoms with Crippen molar-refractivity contribution in [2.75, 3.05) is 0 Å². The summed E-state index contributed by atoms with van der Waals surface area (Å²) >= 11 is 0. The first kappa shape index (κ1) is 5.34. The van der Waals surface area contributed by atoms with Crippen LogP contribution in [0.3, 0.4) is 0 Å². The minimum absolute atomic E-state index is 0. The maximum Gasteiger partial charge on any atom is 0.180 e. The van der Waals surface area contributed by atoms with Crippen LogP contribution in [-0.2, 0) is 0 Å². The van der Waals surface area contributed by atoms with Crippen LogP contribution in [-0.4, -0.2) is 19.9 Å². The largest absolute Gasteiger partial charge is 0.342 e. The number of aryl methyl sites for hydroxylation is 1. The third-order valence-corrected chi connectivity index (χ3v) is 1.41. The molecule has 0 fully saturated rings. The minimum Gasteiger partial charge on any atom is -0.342 e. The van der Waals surface area contributed by atoms with Crippen molar-refractivity contribution in [3.8, 4) is 0 Å². The van der Waals surface area contributed by atoms with Gasteiger partial charge in [0.15, 0.2) is 5.65 Å². The average molecular weight is 136 g/mol. The molecule has 0 aliphatic rings. The molecule has 2 heterocycles. The van der Waals surface area contributed by atoms with E-state index in [1.807, 2.05) is 6.92 Å². The predicted octanol–water partition coefficient (Wildman–Crippen LogP) is 0.907. The third-order valence-electron chi connectivity index (χ3n) is 1.41. The second-order valence-corrected chi connectivity index (χ2v) is 2.06. The van der Waals surface area contributed by atoms with Crippen molar-refractivity contribution < 1.29 is 1.43 Å². The number of aromatic amines is 1. The Bertz CT molecular complexity index is 356. The van der Waals surface area contributed by atoms with E-state index in [-0.39, 0.29) is 1.43 Å². The van der Waals surface area contributed by atoms with Crippen LogP contribution in [0.15, 0.2) is 12.7 Å². The summed E-state index contributed by atoms with van der Waals surface area (Å²) in [4.78, 5) is 14.9. The molecule has 0 saturated carbocycles. The van der Waals surface area contributed by atoms with Gasteiger partial charge in [0, 0.05) is 1.43 Å². The van der Waals surface area contributed by atoms with Crippen molar-refractivity contribution in [1.82, 2.24) is 19.9 Å². The zero-order valence-corrected chi connectivity index (χ0v) is 5.50. The van der Waals surface area contributed by atoms with Crippen LogP contribution in [0.2, 0.25) is 0 Å². The fourth-order valence-corrected chi connectivity index (χ4v) is 0.886. The number of rotatable bonds is 0. The van der Waals surface area contributed by atoms with Crippen LogP contribution in [0.4, 0.5) is 0 Å². The molecule has 0 saturated heterocycles. The lowest BCUT2D eigenvalue weighted by molar-refractivity contribution is 1.14. The Kier molecular flexibility index (Phi) is 0.943. The molecule has 0 amide bonds. The number of hydrogen-bond acceptors (Lipinski definition) is 3. The molecule has 0 aromatic carbocycles. The average Bonchev–Trinajstić information content (AvgIpc) is 2.36. The van der Waals surface area contributed by atoms with Crippen molar-refractivity contribution in [3.63, 3.8) is 0 Å². The Balaban J connectivity index is 0.000000605. The molecule has 0 spiro atoms. The first-order valence-electron chi connectivity index (χ1n) is 2.98. The van der Waals surface area contributed by atoms with E-state index >= 15 is 0 Å². The van der Waals surface area contributed by atoms with Gasteiger partial charge in [0.05, 0.1) is 12.0 Å². The Morgan fingerprint density at radius 3 is 3.10 bits per heavy atom. The van der Waals surface area contributed by atoms with E-state index in [1.165, 1.54) is 6.33 Å². The molecule has 52 valence electrons. The van der Waals surface area contributed by atoms with E-state index in [0.717, 1.165) is 16.9 Å². The molecule has 0 atom stereocenters. The summed E-state index contributed by atoms with van der Waals surface area (Å²) in [6.07, 6.45) is 3.13. The molecule has 2 rings (SSSR count). The Labute approximate surface area is 58.8 Å². The van der Waals surface area contributed by atoms with Gasteiger partial charge in [0.2, 0.25) is 0 Å². The molecule has 0 aliphatic heterocycles. The smallest absolute Gasteiger partial charge is 0.180 e. The third kappa shape index (κ3) is 0.586. The molecule has 1 N–H and O–H groups in total. The number of H-pyrrole nitrogens is 1. The second kappa shape index (κ2) is 1.76. The molecular formula is C6H8N4. The molecule has 4 heteroatoms. The molecule has 0 unspecified atom stereocenters. The lowest BCUT2D eigenvalue weighted by atomic mass is 10.4. The molecular weight excluding hydrogens is 128 g/mol. The van der Waals surface area contributed by atoms with Gasteiger partial charge in [0.1, 0.15) is 11.8 Å². The maximum absolute atomic E-state index is 4.00. The highest BCUT2D eigenvalue weighted by Crippen LogP contribution is 2.06. The molecule has 4 nitrogen and oxygen atoms in total. The monoisotopic (exact) mass is 136 g/mol. The summed E-state index contributed by atoms with van der Waals surface area (Å²) in [5.41, 5.74) is 2.58. The van der Waals surface area contributed by atoms with Crippen molar-refractivity contribution >= 4 is 11.2 Å². The summed E-state index contributed by atoms with van der Waals surface area (Å²) in [5, 5.41) is 0. The van der Waals surface area contributed by atoms with Crippen LogP contribution < -0.4 is 0 Å². The first-order valence-corrected chi connectivity index (χ1v) is 2.98. The van der Waals surface area contributed by atoms with Gasteiger partial charge in [-0.2, -0.15) is 0 Å². The number of aromatic nitrogens is 4. The summed E-state index contributed by atoms with van der Waals surface area (Å²) < 4.78 is 0. The van der Waals surface area contributed by atoms with Crippen LogP contribution in [0, 0.1) is 6.92 Å². The molecule has 10 heavy (non-hydrogen) atoms. The van der Waals surface area contributed by atoms with Crippen LogP contribution in [0.1, 0.15) is 7.12 Å². The van der Waals surface area contributed by atoms with E-state index in [4.69, 9.17) is 0 Å². The van der Waals surface area contributed by atoms with Gasteiger partial charge in [-0.15, -0.1) is 0 Å². The predicted molar refractivity (Wildman–Crippen MR) is 38.5 cm³/mol. The van der Waals surface area contributed by atoms with E-state index in [2.05, 4.69) is 19.9 Å². The molecule has 2 aromatic heterocycles. The first-order chi connectivity index (χ1) is 4.88. The summed E-state index contributed by atoms with van der Waals surface area (Å²) in [6.45, 7) is 1.92. The van der Waals surface area contributed by atoms with E-state index in [1.54, 1.807) is 6.33 Å². The highest BCUT2D eigenvalue weighted by molar-refractivity contribution is 5.71. The highest BCUT2D eigenvalue weighted by Gasteiger charge is 1.98. The van der Waals surface area contributed by atoms with Gasteiger partial charge in [-0.25, -0.2) is 15.0 Å². The highest BCUT2D eigenvalue weighted by atomic mass is 15.0. The Hall–Kier alpha value is -1.45. The van der Waals surface area contributed by atoms with Gasteiger partial charge in [-0.3, -0.25) is 0 Å². The topological polar surface area (TPSA) is 54.5 Å². The van der Waals surface area contributed by atoms with Crippen molar-refractivity contribution in [2.45, 2.75) is 6.92 Å². The fourth-order valence-electron chi connectivity index (χ4n) is 0.886. The van der Waals surface area contributed by atoms with Crippen molar-refractivity contribution in [3.05, 3.63) is 18.3 Å². The SMILES string of the molecule is Cc1ncnc2nc[nH]c12.[HH]. The zero-order chi connectivity index (χ0) is 6.97. The Morgan fingerprint density at radius 2 is 2.30 bits per heavy atom. The van der Waals surface area contributed by atoms with Gasteiger partial charge >= 0.3 is 0 Å². The summed E-state index contributed by atoms with van der Waals surface area (Å²) in [5.74, 6) is 0. The second-order valence-electron chi connectivity index (χ2n) is 2.06. The number of nitrogens with zero attached hydrogens (tertiary/aromatic N) is 3. The molecule has 0 radical (unpaired) electrons. The number of fused-ring (bicyclic) bond motifs is 1. The molecule has 0 bridgehead atoms. The normalized spacial score (nSPS) is 10.5. The lowest BCUT2D eigenvalue weighted by Crippen LogP contribution is -1.84. The van der Waals surface area contributed by atoms with Gasteiger partial charge < -0.3 is 4.98 Å². The maximum atomic E-state index is 4.00. The molecule has 0 aliphatic carbocycles. The molecule has 2 aromatic rings. The van der Waals surface area contributed by atoms with Gasteiger partial charge in [-0.05, 0) is 6.92 Å². The van der Waals surface area contributed by atoms with Crippen LogP contribution >= 0.6 is 0 Å². The van der Waals surface area contributed by atoms with E-state index in [0.29, 0.717) is 0 Å². The number of imidazole rings is 1. The van der Waals surface area contributed by atoms with Gasteiger partial charge in [-0.1, -0.05) is 0 Å². The summed E-state index contributed by atoms with van der Waals surface area (Å²) in [7, 11) is 0. The van der Waals surface area contributed by atoms with E-state index in [9.17, 15) is 0 Å². The lowest BCUT2D eigenvalue weighted by Gasteiger charge is -1.89. The van der Waals surface area contributed by atoms with Crippen molar-refractivity contribution in [2.24, 2.45) is 0 Å².